The minimum Gasteiger partial charge on any atom is -0.487 e. The summed E-state index contributed by atoms with van der Waals surface area (Å²) in [5.74, 6) is -0.129. The van der Waals surface area contributed by atoms with Crippen molar-refractivity contribution in [2.45, 2.75) is 6.61 Å². The van der Waals surface area contributed by atoms with E-state index in [0.29, 0.717) is 29.2 Å². The predicted octanol–water partition coefficient (Wildman–Crippen LogP) is 3.26. The fourth-order valence-electron chi connectivity index (χ4n) is 2.84. The summed E-state index contributed by atoms with van der Waals surface area (Å²) < 4.78 is 7.69. The fourth-order valence-corrected chi connectivity index (χ4v) is 2.84. The van der Waals surface area contributed by atoms with Gasteiger partial charge in [-0.25, -0.2) is 4.98 Å². The standard InChI is InChI=1S/C22H18N4O3/c23-21(27)15-4-8-17(9-5-15)25-22(28)16-6-10-19(11-7-16)29-14-18-13-26-12-2-1-3-20(26)24-18/h1-13H,14H2,(H2,23,27)(H,25,28). The van der Waals surface area contributed by atoms with E-state index in [1.165, 1.54) is 0 Å². The van der Waals surface area contributed by atoms with Crippen molar-refractivity contribution < 1.29 is 14.3 Å². The Kier molecular flexibility index (Phi) is 4.94. The Balaban J connectivity index is 1.36. The molecule has 0 aliphatic carbocycles. The van der Waals surface area contributed by atoms with Gasteiger partial charge in [-0.1, -0.05) is 6.07 Å². The molecule has 2 aromatic carbocycles. The van der Waals surface area contributed by atoms with Gasteiger partial charge in [0.15, 0.2) is 0 Å². The molecule has 2 amide bonds. The van der Waals surface area contributed by atoms with E-state index in [2.05, 4.69) is 10.3 Å². The Morgan fingerprint density at radius 3 is 2.38 bits per heavy atom. The molecule has 4 aromatic rings. The van der Waals surface area contributed by atoms with Crippen LogP contribution >= 0.6 is 0 Å². The second kappa shape index (κ2) is 7.85. The molecule has 3 N–H and O–H groups in total. The minimum absolute atomic E-state index is 0.260. The molecule has 7 heteroatoms. The molecule has 0 aliphatic heterocycles. The molecule has 0 saturated carbocycles. The van der Waals surface area contributed by atoms with E-state index in [1.807, 2.05) is 35.0 Å². The van der Waals surface area contributed by atoms with Crippen molar-refractivity contribution >= 4 is 23.1 Å². The first-order valence-corrected chi connectivity index (χ1v) is 8.95. The van der Waals surface area contributed by atoms with Crippen LogP contribution in [0.5, 0.6) is 5.75 Å². The maximum atomic E-state index is 12.4. The maximum absolute atomic E-state index is 12.4. The first kappa shape index (κ1) is 18.2. The van der Waals surface area contributed by atoms with Crippen LogP contribution in [0.1, 0.15) is 26.4 Å². The van der Waals surface area contributed by atoms with E-state index in [-0.39, 0.29) is 5.91 Å². The molecule has 2 heterocycles. The normalized spacial score (nSPS) is 10.6. The van der Waals surface area contributed by atoms with Gasteiger partial charge in [-0.3, -0.25) is 9.59 Å². The van der Waals surface area contributed by atoms with Crippen molar-refractivity contribution in [1.82, 2.24) is 9.38 Å². The summed E-state index contributed by atoms with van der Waals surface area (Å²) in [6, 6.07) is 19.0. The molecule has 2 aromatic heterocycles. The number of nitrogens with two attached hydrogens (primary N) is 1. The van der Waals surface area contributed by atoms with Crippen molar-refractivity contribution in [3.63, 3.8) is 0 Å². The summed E-state index contributed by atoms with van der Waals surface area (Å²) in [5, 5.41) is 2.77. The number of ether oxygens (including phenoxy) is 1. The molecule has 0 unspecified atom stereocenters. The summed E-state index contributed by atoms with van der Waals surface area (Å²) >= 11 is 0. The summed E-state index contributed by atoms with van der Waals surface area (Å²) in [6.45, 7) is 0.333. The number of fused-ring (bicyclic) bond motifs is 1. The quantitative estimate of drug-likeness (QED) is 0.531. The fraction of sp³-hybridized carbons (Fsp3) is 0.0455. The van der Waals surface area contributed by atoms with E-state index in [1.54, 1.807) is 48.5 Å². The third kappa shape index (κ3) is 4.24. The number of anilines is 1. The second-order valence-corrected chi connectivity index (χ2v) is 6.41. The molecule has 0 bridgehead atoms. The Hall–Kier alpha value is -4.13. The van der Waals surface area contributed by atoms with Crippen LogP contribution < -0.4 is 15.8 Å². The molecular weight excluding hydrogens is 368 g/mol. The van der Waals surface area contributed by atoms with E-state index in [9.17, 15) is 9.59 Å². The summed E-state index contributed by atoms with van der Waals surface area (Å²) in [6.07, 6.45) is 3.85. The highest BCUT2D eigenvalue weighted by Gasteiger charge is 2.08. The monoisotopic (exact) mass is 386 g/mol. The number of carbonyl (C=O) groups is 2. The van der Waals surface area contributed by atoms with Gasteiger partial charge in [-0.2, -0.15) is 0 Å². The molecule has 0 aliphatic rings. The highest BCUT2D eigenvalue weighted by atomic mass is 16.5. The van der Waals surface area contributed by atoms with Crippen LogP contribution in [-0.4, -0.2) is 21.2 Å². The number of rotatable bonds is 6. The van der Waals surface area contributed by atoms with Gasteiger partial charge in [0.2, 0.25) is 5.91 Å². The zero-order chi connectivity index (χ0) is 20.2. The molecule has 29 heavy (non-hydrogen) atoms. The Morgan fingerprint density at radius 1 is 0.966 bits per heavy atom. The van der Waals surface area contributed by atoms with Gasteiger partial charge < -0.3 is 20.2 Å². The Labute approximate surface area is 166 Å². The van der Waals surface area contributed by atoms with Crippen LogP contribution in [-0.2, 0) is 6.61 Å². The lowest BCUT2D eigenvalue weighted by Crippen LogP contribution is -2.13. The zero-order valence-corrected chi connectivity index (χ0v) is 15.4. The highest BCUT2D eigenvalue weighted by molar-refractivity contribution is 6.04. The number of carbonyl (C=O) groups excluding carboxylic acids is 2. The minimum atomic E-state index is -0.512. The average Bonchev–Trinajstić information content (AvgIpc) is 3.16. The van der Waals surface area contributed by atoms with Gasteiger partial charge >= 0.3 is 0 Å². The molecule has 0 saturated heterocycles. The van der Waals surface area contributed by atoms with Gasteiger partial charge in [0, 0.05) is 29.2 Å². The van der Waals surface area contributed by atoms with Gasteiger partial charge in [0.25, 0.3) is 5.91 Å². The molecular formula is C22H18N4O3. The summed E-state index contributed by atoms with van der Waals surface area (Å²) in [7, 11) is 0. The molecule has 144 valence electrons. The molecule has 0 fully saturated rings. The SMILES string of the molecule is NC(=O)c1ccc(NC(=O)c2ccc(OCc3cn4ccccc4n3)cc2)cc1. The topological polar surface area (TPSA) is 98.7 Å². The molecule has 0 spiro atoms. The molecule has 0 radical (unpaired) electrons. The van der Waals surface area contributed by atoms with E-state index in [0.717, 1.165) is 11.3 Å². The van der Waals surface area contributed by atoms with Crippen molar-refractivity contribution in [3.8, 4) is 5.75 Å². The van der Waals surface area contributed by atoms with Crippen LogP contribution in [0.2, 0.25) is 0 Å². The lowest BCUT2D eigenvalue weighted by atomic mass is 10.1. The smallest absolute Gasteiger partial charge is 0.255 e. The molecule has 7 nitrogen and oxygen atoms in total. The largest absolute Gasteiger partial charge is 0.487 e. The Bertz CT molecular complexity index is 1130. The van der Waals surface area contributed by atoms with Crippen molar-refractivity contribution in [2.75, 3.05) is 5.32 Å². The number of nitrogens with zero attached hydrogens (tertiary/aromatic N) is 2. The van der Waals surface area contributed by atoms with Gasteiger partial charge in [0.1, 0.15) is 18.0 Å². The van der Waals surface area contributed by atoms with Crippen molar-refractivity contribution in [2.24, 2.45) is 5.73 Å². The lowest BCUT2D eigenvalue weighted by Gasteiger charge is -2.07. The van der Waals surface area contributed by atoms with Crippen LogP contribution in [0.3, 0.4) is 0 Å². The Morgan fingerprint density at radius 2 is 1.69 bits per heavy atom. The average molecular weight is 386 g/mol. The summed E-state index contributed by atoms with van der Waals surface area (Å²) in [5.41, 5.74) is 8.34. The first-order chi connectivity index (χ1) is 14.1. The lowest BCUT2D eigenvalue weighted by molar-refractivity contribution is 0.0998. The van der Waals surface area contributed by atoms with Crippen LogP contribution in [0.4, 0.5) is 5.69 Å². The third-order valence-corrected chi connectivity index (χ3v) is 4.34. The number of nitrogens with one attached hydrogen (secondary N) is 1. The third-order valence-electron chi connectivity index (χ3n) is 4.34. The van der Waals surface area contributed by atoms with Crippen LogP contribution in [0, 0.1) is 0 Å². The molecule has 4 rings (SSSR count). The summed E-state index contributed by atoms with van der Waals surface area (Å²) in [4.78, 5) is 27.9. The predicted molar refractivity (Wildman–Crippen MR) is 109 cm³/mol. The van der Waals surface area contributed by atoms with Crippen LogP contribution in [0.25, 0.3) is 5.65 Å². The zero-order valence-electron chi connectivity index (χ0n) is 15.4. The number of primary amides is 1. The van der Waals surface area contributed by atoms with E-state index in [4.69, 9.17) is 10.5 Å². The highest BCUT2D eigenvalue weighted by Crippen LogP contribution is 2.16. The molecule has 0 atom stereocenters. The number of hydrogen-bond donors (Lipinski definition) is 2. The van der Waals surface area contributed by atoms with Gasteiger partial charge in [-0.15, -0.1) is 0 Å². The first-order valence-electron chi connectivity index (χ1n) is 8.95. The second-order valence-electron chi connectivity index (χ2n) is 6.41. The van der Waals surface area contributed by atoms with Crippen LogP contribution in [0.15, 0.2) is 79.1 Å². The maximum Gasteiger partial charge on any atom is 0.255 e. The van der Waals surface area contributed by atoms with Gasteiger partial charge in [0.05, 0.1) is 5.69 Å². The number of amides is 2. The van der Waals surface area contributed by atoms with E-state index >= 15 is 0 Å². The number of pyridine rings is 1. The number of imidazole rings is 1. The number of hydrogen-bond acceptors (Lipinski definition) is 4. The van der Waals surface area contributed by atoms with Crippen molar-refractivity contribution in [1.29, 1.82) is 0 Å². The van der Waals surface area contributed by atoms with E-state index < -0.39 is 5.91 Å². The van der Waals surface area contributed by atoms with Gasteiger partial charge in [-0.05, 0) is 60.7 Å². The number of aromatic nitrogens is 2. The van der Waals surface area contributed by atoms with Crippen molar-refractivity contribution in [3.05, 3.63) is 95.9 Å². The number of benzene rings is 2.